The molecule has 0 saturated carbocycles. The Kier molecular flexibility index (Phi) is 6.64. The number of hydrogen-bond donors (Lipinski definition) is 1. The molecule has 0 fully saturated rings. The predicted molar refractivity (Wildman–Crippen MR) is 111 cm³/mol. The highest BCUT2D eigenvalue weighted by molar-refractivity contribution is 6.09. The van der Waals surface area contributed by atoms with E-state index < -0.39 is 0 Å². The van der Waals surface area contributed by atoms with E-state index >= 15 is 0 Å². The maximum absolute atomic E-state index is 12.6. The number of aromatic hydroxyl groups is 1. The van der Waals surface area contributed by atoms with Gasteiger partial charge >= 0.3 is 5.97 Å². The molecule has 1 N–H and O–H groups in total. The van der Waals surface area contributed by atoms with Crippen molar-refractivity contribution in [2.75, 3.05) is 20.7 Å². The van der Waals surface area contributed by atoms with E-state index in [9.17, 15) is 9.90 Å². The molecular formula is C20H25ClN4O3. The van der Waals surface area contributed by atoms with Crippen LogP contribution in [0.25, 0.3) is 22.0 Å². The zero-order chi connectivity index (χ0) is 19.7. The molecule has 8 heteroatoms. The average molecular weight is 405 g/mol. The Balaban J connectivity index is 0.00000280. The van der Waals surface area contributed by atoms with Crippen LogP contribution in [0.4, 0.5) is 0 Å². The first kappa shape index (κ1) is 21.7. The molecule has 150 valence electrons. The van der Waals surface area contributed by atoms with Crippen molar-refractivity contribution in [3.05, 3.63) is 41.6 Å². The Bertz CT molecular complexity index is 1000. The number of phenols is 1. The van der Waals surface area contributed by atoms with Crippen molar-refractivity contribution in [3.63, 3.8) is 0 Å². The first-order chi connectivity index (χ1) is 12.9. The molecule has 0 aliphatic heterocycles. The summed E-state index contributed by atoms with van der Waals surface area (Å²) in [5, 5.41) is 11.8. The second-order valence-corrected chi connectivity index (χ2v) is 6.75. The Morgan fingerprint density at radius 1 is 1.29 bits per heavy atom. The third kappa shape index (κ3) is 3.68. The molecule has 0 unspecified atom stereocenters. The van der Waals surface area contributed by atoms with Gasteiger partial charge in [-0.15, -0.1) is 12.4 Å². The third-order valence-corrected chi connectivity index (χ3v) is 4.68. The molecule has 2 aromatic heterocycles. The summed E-state index contributed by atoms with van der Waals surface area (Å²) in [6.07, 6.45) is 4.77. The Labute approximate surface area is 170 Å². The van der Waals surface area contributed by atoms with Crippen LogP contribution in [0.3, 0.4) is 0 Å². The Morgan fingerprint density at radius 3 is 2.50 bits per heavy atom. The summed E-state index contributed by atoms with van der Waals surface area (Å²) in [6.45, 7) is 4.43. The minimum Gasteiger partial charge on any atom is -0.507 e. The lowest BCUT2D eigenvalue weighted by Crippen LogP contribution is -2.13. The number of rotatable bonds is 5. The van der Waals surface area contributed by atoms with Gasteiger partial charge in [-0.1, -0.05) is 0 Å². The number of benzene rings is 1. The van der Waals surface area contributed by atoms with Gasteiger partial charge in [-0.3, -0.25) is 0 Å². The van der Waals surface area contributed by atoms with Crippen molar-refractivity contribution in [2.24, 2.45) is 7.05 Å². The van der Waals surface area contributed by atoms with Gasteiger partial charge < -0.3 is 19.3 Å². The number of phenolic OH excluding ortho intramolecular Hbond substituents is 1. The van der Waals surface area contributed by atoms with Crippen molar-refractivity contribution in [1.82, 2.24) is 19.4 Å². The standard InChI is InChI=1S/C20H24N4O3.ClH/c1-6-27-20(26)17-12(2)24(5)16-7-14(13-8-21-11-22-9-13)19(25)15(18(16)17)10-23(3)4;/h7-9,11,25H,6,10H2,1-5H3;1H. The second kappa shape index (κ2) is 8.58. The fraction of sp³-hybridized carbons (Fsp3) is 0.350. The molecule has 7 nitrogen and oxygen atoms in total. The van der Waals surface area contributed by atoms with E-state index in [-0.39, 0.29) is 24.1 Å². The summed E-state index contributed by atoms with van der Waals surface area (Å²) in [4.78, 5) is 22.7. The van der Waals surface area contributed by atoms with Crippen molar-refractivity contribution < 1.29 is 14.6 Å². The maximum atomic E-state index is 12.6. The van der Waals surface area contributed by atoms with Gasteiger partial charge in [0.15, 0.2) is 0 Å². The molecule has 0 aliphatic rings. The highest BCUT2D eigenvalue weighted by Crippen LogP contribution is 2.41. The topological polar surface area (TPSA) is 80.5 Å². The van der Waals surface area contributed by atoms with Gasteiger partial charge in [0.25, 0.3) is 0 Å². The number of esters is 1. The Morgan fingerprint density at radius 2 is 1.93 bits per heavy atom. The maximum Gasteiger partial charge on any atom is 0.340 e. The molecule has 1 aromatic carbocycles. The van der Waals surface area contributed by atoms with E-state index in [1.807, 2.05) is 43.6 Å². The van der Waals surface area contributed by atoms with Gasteiger partial charge in [-0.05, 0) is 34.0 Å². The zero-order valence-electron chi connectivity index (χ0n) is 16.7. The summed E-state index contributed by atoms with van der Waals surface area (Å²) in [5.41, 5.74) is 4.18. The van der Waals surface area contributed by atoms with Gasteiger partial charge in [0.05, 0.1) is 17.7 Å². The third-order valence-electron chi connectivity index (χ3n) is 4.68. The minimum atomic E-state index is -0.379. The lowest BCUT2D eigenvalue weighted by Gasteiger charge is -2.17. The van der Waals surface area contributed by atoms with Crippen LogP contribution >= 0.6 is 12.4 Å². The normalized spacial score (nSPS) is 10.9. The molecule has 28 heavy (non-hydrogen) atoms. The van der Waals surface area contributed by atoms with E-state index in [1.165, 1.54) is 6.33 Å². The summed E-state index contributed by atoms with van der Waals surface area (Å²) in [7, 11) is 5.75. The molecule has 0 saturated heterocycles. The van der Waals surface area contributed by atoms with E-state index in [1.54, 1.807) is 19.3 Å². The highest BCUT2D eigenvalue weighted by atomic mass is 35.5. The molecule has 0 bridgehead atoms. The summed E-state index contributed by atoms with van der Waals surface area (Å²) < 4.78 is 7.23. The molecule has 0 spiro atoms. The highest BCUT2D eigenvalue weighted by Gasteiger charge is 2.26. The number of aromatic nitrogens is 3. The molecular weight excluding hydrogens is 380 g/mol. The smallest absolute Gasteiger partial charge is 0.340 e. The Hall–Kier alpha value is -2.64. The van der Waals surface area contributed by atoms with Crippen molar-refractivity contribution in [2.45, 2.75) is 20.4 Å². The second-order valence-electron chi connectivity index (χ2n) is 6.75. The van der Waals surface area contributed by atoms with Crippen LogP contribution in [-0.2, 0) is 18.3 Å². The largest absolute Gasteiger partial charge is 0.507 e. The van der Waals surface area contributed by atoms with Gasteiger partial charge in [0, 0.05) is 53.8 Å². The fourth-order valence-electron chi connectivity index (χ4n) is 3.37. The number of aryl methyl sites for hydroxylation is 1. The van der Waals surface area contributed by atoms with E-state index in [4.69, 9.17) is 4.74 Å². The first-order valence-corrected chi connectivity index (χ1v) is 8.77. The number of carbonyl (C=O) groups is 1. The van der Waals surface area contributed by atoms with Crippen molar-refractivity contribution in [3.8, 4) is 16.9 Å². The number of ether oxygens (including phenoxy) is 1. The zero-order valence-corrected chi connectivity index (χ0v) is 17.5. The quantitative estimate of drug-likeness (QED) is 0.657. The summed E-state index contributed by atoms with van der Waals surface area (Å²) in [5.74, 6) is -0.252. The van der Waals surface area contributed by atoms with Crippen molar-refractivity contribution in [1.29, 1.82) is 0 Å². The van der Waals surface area contributed by atoms with Crippen LogP contribution in [0.1, 0.15) is 28.5 Å². The molecule has 0 atom stereocenters. The van der Waals surface area contributed by atoms with Gasteiger partial charge in [0.2, 0.25) is 0 Å². The first-order valence-electron chi connectivity index (χ1n) is 8.77. The predicted octanol–water partition coefficient (Wildman–Crippen LogP) is 3.31. The van der Waals surface area contributed by atoms with Crippen LogP contribution < -0.4 is 0 Å². The van der Waals surface area contributed by atoms with Gasteiger partial charge in [-0.2, -0.15) is 0 Å². The van der Waals surface area contributed by atoms with E-state index in [0.717, 1.165) is 16.6 Å². The van der Waals surface area contributed by atoms with Crippen LogP contribution in [-0.4, -0.2) is 51.2 Å². The lowest BCUT2D eigenvalue weighted by atomic mass is 9.97. The summed E-state index contributed by atoms with van der Waals surface area (Å²) in [6, 6.07) is 1.87. The number of hydrogen-bond acceptors (Lipinski definition) is 6. The van der Waals surface area contributed by atoms with Crippen LogP contribution in [0.5, 0.6) is 5.75 Å². The lowest BCUT2D eigenvalue weighted by molar-refractivity contribution is 0.0527. The minimum absolute atomic E-state index is 0. The fourth-order valence-corrected chi connectivity index (χ4v) is 3.37. The summed E-state index contributed by atoms with van der Waals surface area (Å²) >= 11 is 0. The number of nitrogens with zero attached hydrogens (tertiary/aromatic N) is 4. The van der Waals surface area contributed by atoms with Gasteiger partial charge in [0.1, 0.15) is 12.1 Å². The molecule has 3 rings (SSSR count). The molecule has 0 amide bonds. The molecule has 3 aromatic rings. The number of fused-ring (bicyclic) bond motifs is 1. The number of carbonyl (C=O) groups excluding carboxylic acids is 1. The van der Waals surface area contributed by atoms with Crippen molar-refractivity contribution >= 4 is 29.3 Å². The van der Waals surface area contributed by atoms with Crippen LogP contribution in [0, 0.1) is 6.92 Å². The van der Waals surface area contributed by atoms with E-state index in [2.05, 4.69) is 9.97 Å². The monoisotopic (exact) mass is 404 g/mol. The molecule has 0 aliphatic carbocycles. The van der Waals surface area contributed by atoms with Gasteiger partial charge in [-0.25, -0.2) is 14.8 Å². The van der Waals surface area contributed by atoms with E-state index in [0.29, 0.717) is 35.4 Å². The SMILES string of the molecule is CCOC(=O)c1c(C)n(C)c2cc(-c3cncnc3)c(O)c(CN(C)C)c12.Cl. The molecule has 2 heterocycles. The number of halogens is 1. The van der Waals surface area contributed by atoms with Crippen LogP contribution in [0.2, 0.25) is 0 Å². The van der Waals surface area contributed by atoms with Crippen LogP contribution in [0.15, 0.2) is 24.8 Å². The molecule has 0 radical (unpaired) electrons. The average Bonchev–Trinajstić information content (AvgIpc) is 2.89.